The summed E-state index contributed by atoms with van der Waals surface area (Å²) >= 11 is 0. The van der Waals surface area contributed by atoms with Crippen molar-refractivity contribution in [3.05, 3.63) is 52.7 Å². The molecule has 0 radical (unpaired) electrons. The molecule has 2 aromatic rings. The van der Waals surface area contributed by atoms with Crippen molar-refractivity contribution in [2.75, 3.05) is 37.3 Å². The number of anilines is 1. The fourth-order valence-corrected chi connectivity index (χ4v) is 6.08. The lowest BCUT2D eigenvalue weighted by Gasteiger charge is -2.38. The van der Waals surface area contributed by atoms with Gasteiger partial charge in [-0.2, -0.15) is 0 Å². The Kier molecular flexibility index (Phi) is 5.93. The Morgan fingerprint density at radius 3 is 2.49 bits per heavy atom. The monoisotopic (exact) mass is 499 g/mol. The van der Waals surface area contributed by atoms with Gasteiger partial charge in [0.2, 0.25) is 5.91 Å². The van der Waals surface area contributed by atoms with Crippen LogP contribution in [0.5, 0.6) is 0 Å². The summed E-state index contributed by atoms with van der Waals surface area (Å²) in [7, 11) is -3.39. The number of rotatable bonds is 5. The number of aliphatic hydroxyl groups excluding tert-OH is 1. The molecular weight excluding hydrogens is 470 g/mol. The number of sulfone groups is 1. The molecular formula is C25H29N3O6S. The van der Waals surface area contributed by atoms with E-state index in [1.807, 2.05) is 6.92 Å². The number of ether oxygens (including phenoxy) is 1. The van der Waals surface area contributed by atoms with Gasteiger partial charge in [-0.25, -0.2) is 18.2 Å². The molecule has 9 nitrogen and oxygen atoms in total. The van der Waals surface area contributed by atoms with Gasteiger partial charge in [-0.1, -0.05) is 6.07 Å². The highest BCUT2D eigenvalue weighted by Gasteiger charge is 2.48. The molecule has 1 unspecified atom stereocenters. The number of hydrogen-bond acceptors (Lipinski definition) is 8. The van der Waals surface area contributed by atoms with Crippen molar-refractivity contribution in [3.8, 4) is 0 Å². The number of amides is 1. The topological polar surface area (TPSA) is 117 Å². The highest BCUT2D eigenvalue weighted by molar-refractivity contribution is 7.90. The third-order valence-electron chi connectivity index (χ3n) is 7.74. The second-order valence-electron chi connectivity index (χ2n) is 9.81. The van der Waals surface area contributed by atoms with Crippen molar-refractivity contribution >= 4 is 27.4 Å². The number of β-amino-alcohol motifs (C(OH)–C–C–N with tert-alkyl or cyclic N) is 1. The molecule has 186 valence electrons. The van der Waals surface area contributed by atoms with E-state index in [2.05, 4.69) is 9.88 Å². The number of likely N-dealkylation sites (tertiary alicyclic amines) is 1. The van der Waals surface area contributed by atoms with Crippen LogP contribution in [0.25, 0.3) is 0 Å². The van der Waals surface area contributed by atoms with Crippen LogP contribution in [-0.4, -0.2) is 67.7 Å². The van der Waals surface area contributed by atoms with Gasteiger partial charge in [-0.15, -0.1) is 0 Å². The lowest BCUT2D eigenvalue weighted by atomic mass is 9.77. The molecule has 0 aliphatic carbocycles. The van der Waals surface area contributed by atoms with Crippen molar-refractivity contribution in [1.82, 2.24) is 9.88 Å². The molecule has 0 bridgehead atoms. The number of nitrogens with zero attached hydrogens (tertiary/aromatic N) is 3. The third kappa shape index (κ3) is 4.23. The largest absolute Gasteiger partial charge is 0.457 e. The number of carbonyl (C=O) groups is 2. The van der Waals surface area contributed by atoms with Gasteiger partial charge in [0.1, 0.15) is 6.61 Å². The lowest BCUT2D eigenvalue weighted by molar-refractivity contribution is -0.128. The number of esters is 1. The Hall–Kier alpha value is -2.82. The number of piperidine rings is 1. The molecule has 10 heteroatoms. The first-order valence-electron chi connectivity index (χ1n) is 11.8. The Bertz CT molecular complexity index is 1280. The van der Waals surface area contributed by atoms with Gasteiger partial charge in [0.25, 0.3) is 0 Å². The number of benzene rings is 1. The predicted octanol–water partition coefficient (Wildman–Crippen LogP) is 2.02. The fourth-order valence-electron chi connectivity index (χ4n) is 5.52. The van der Waals surface area contributed by atoms with Gasteiger partial charge >= 0.3 is 5.97 Å². The van der Waals surface area contributed by atoms with Crippen LogP contribution in [0, 0.1) is 12.3 Å². The number of carbonyl (C=O) groups excluding carboxylic acids is 2. The Morgan fingerprint density at radius 1 is 1.11 bits per heavy atom. The SMILES string of the molecule is Cc1c(C(O)CN2CCC3(CC2)CCN(c2ccc(S(C)(=O)=O)nc2)C3=O)ccc2c1COC2=O. The van der Waals surface area contributed by atoms with Crippen molar-refractivity contribution in [3.63, 3.8) is 0 Å². The zero-order valence-electron chi connectivity index (χ0n) is 19.9. The maximum Gasteiger partial charge on any atom is 0.338 e. The van der Waals surface area contributed by atoms with Crippen molar-refractivity contribution in [2.24, 2.45) is 5.41 Å². The molecule has 1 amide bonds. The Morgan fingerprint density at radius 2 is 1.83 bits per heavy atom. The van der Waals surface area contributed by atoms with Gasteiger partial charge < -0.3 is 19.6 Å². The van der Waals surface area contributed by atoms with Crippen LogP contribution in [0.2, 0.25) is 0 Å². The summed E-state index contributed by atoms with van der Waals surface area (Å²) in [6.07, 6.45) is 4.02. The van der Waals surface area contributed by atoms with Crippen LogP contribution in [0.1, 0.15) is 52.4 Å². The highest BCUT2D eigenvalue weighted by atomic mass is 32.2. The van der Waals surface area contributed by atoms with Gasteiger partial charge in [0.05, 0.1) is 29.0 Å². The first-order valence-corrected chi connectivity index (χ1v) is 13.7. The molecule has 2 fully saturated rings. The first kappa shape index (κ1) is 23.9. The maximum absolute atomic E-state index is 13.4. The van der Waals surface area contributed by atoms with E-state index in [0.29, 0.717) is 50.3 Å². The maximum atomic E-state index is 13.4. The van der Waals surface area contributed by atoms with E-state index in [9.17, 15) is 23.1 Å². The van der Waals surface area contributed by atoms with Crippen LogP contribution in [0.15, 0.2) is 35.5 Å². The minimum Gasteiger partial charge on any atom is -0.457 e. The number of hydrogen-bond donors (Lipinski definition) is 1. The predicted molar refractivity (Wildman–Crippen MR) is 128 cm³/mol. The molecule has 3 aliphatic rings. The summed E-state index contributed by atoms with van der Waals surface area (Å²) in [5.41, 5.74) is 3.30. The van der Waals surface area contributed by atoms with Crippen LogP contribution in [0.3, 0.4) is 0 Å². The zero-order valence-corrected chi connectivity index (χ0v) is 20.7. The molecule has 3 aliphatic heterocycles. The molecule has 0 saturated carbocycles. The van der Waals surface area contributed by atoms with E-state index in [4.69, 9.17) is 4.74 Å². The average molecular weight is 500 g/mol. The normalized spacial score (nSPS) is 20.8. The van der Waals surface area contributed by atoms with Crippen molar-refractivity contribution in [2.45, 2.75) is 43.9 Å². The highest BCUT2D eigenvalue weighted by Crippen LogP contribution is 2.43. The van der Waals surface area contributed by atoms with Gasteiger partial charge in [0, 0.05) is 24.9 Å². The molecule has 1 aromatic carbocycles. The van der Waals surface area contributed by atoms with Crippen LogP contribution in [-0.2, 0) is 26.0 Å². The number of pyridine rings is 1. The summed E-state index contributed by atoms with van der Waals surface area (Å²) in [6, 6.07) is 6.61. The van der Waals surface area contributed by atoms with E-state index >= 15 is 0 Å². The number of aromatic nitrogens is 1. The quantitative estimate of drug-likeness (QED) is 0.621. The molecule has 5 rings (SSSR count). The summed E-state index contributed by atoms with van der Waals surface area (Å²) in [5.74, 6) is -0.256. The Balaban J connectivity index is 1.22. The second kappa shape index (κ2) is 8.69. The average Bonchev–Trinajstić information content (AvgIpc) is 3.36. The van der Waals surface area contributed by atoms with Crippen molar-refractivity contribution < 1.29 is 27.9 Å². The van der Waals surface area contributed by atoms with E-state index in [1.165, 1.54) is 12.3 Å². The summed E-state index contributed by atoms with van der Waals surface area (Å²) in [5, 5.41) is 10.9. The second-order valence-corrected chi connectivity index (χ2v) is 11.8. The van der Waals surface area contributed by atoms with Crippen molar-refractivity contribution in [1.29, 1.82) is 0 Å². The van der Waals surface area contributed by atoms with Crippen LogP contribution >= 0.6 is 0 Å². The smallest absolute Gasteiger partial charge is 0.338 e. The lowest BCUT2D eigenvalue weighted by Crippen LogP contribution is -2.45. The van der Waals surface area contributed by atoms with E-state index in [1.54, 1.807) is 23.1 Å². The number of aliphatic hydroxyl groups is 1. The molecule has 4 heterocycles. The van der Waals surface area contributed by atoms with Gasteiger partial charge in [-0.05, 0) is 68.6 Å². The zero-order chi connectivity index (χ0) is 25.0. The fraction of sp³-hybridized carbons (Fsp3) is 0.480. The molecule has 2 saturated heterocycles. The standard InChI is InChI=1S/C25H29N3O6S/c1-16-18(4-5-19-20(16)15-34-23(19)30)21(29)14-27-10-7-25(8-11-27)9-12-28(24(25)31)17-3-6-22(26-13-17)35(2,32)33/h3-6,13,21,29H,7-12,14-15H2,1-2H3. The molecule has 1 N–H and O–H groups in total. The molecule has 1 spiro atoms. The van der Waals surface area contributed by atoms with E-state index in [0.717, 1.165) is 29.4 Å². The summed E-state index contributed by atoms with van der Waals surface area (Å²) < 4.78 is 28.4. The molecule has 35 heavy (non-hydrogen) atoms. The van der Waals surface area contributed by atoms with Gasteiger partial charge in [-0.3, -0.25) is 4.79 Å². The van der Waals surface area contributed by atoms with E-state index in [-0.39, 0.29) is 23.5 Å². The first-order chi connectivity index (χ1) is 16.6. The van der Waals surface area contributed by atoms with Gasteiger partial charge in [0.15, 0.2) is 14.9 Å². The summed E-state index contributed by atoms with van der Waals surface area (Å²) in [4.78, 5) is 33.1. The minimum atomic E-state index is -3.39. The van der Waals surface area contributed by atoms with E-state index < -0.39 is 21.4 Å². The minimum absolute atomic E-state index is 0.00721. The molecule has 1 aromatic heterocycles. The number of cyclic esters (lactones) is 1. The van der Waals surface area contributed by atoms with Crippen LogP contribution in [0.4, 0.5) is 5.69 Å². The number of fused-ring (bicyclic) bond motifs is 1. The Labute approximate surface area is 204 Å². The summed E-state index contributed by atoms with van der Waals surface area (Å²) in [6.45, 7) is 4.60. The van der Waals surface area contributed by atoms with Crippen LogP contribution < -0.4 is 4.90 Å². The third-order valence-corrected chi connectivity index (χ3v) is 8.74. The molecule has 1 atom stereocenters.